The molecule has 3 N–H and O–H groups in total. The molecule has 3 aliphatic rings. The second-order valence-electron chi connectivity index (χ2n) is 12.0. The molecule has 0 bridgehead atoms. The smallest absolute Gasteiger partial charge is 0.184 e. The Labute approximate surface area is 279 Å². The molecule has 0 radical (unpaired) electrons. The van der Waals surface area contributed by atoms with Gasteiger partial charge in [-0.2, -0.15) is 0 Å². The average Bonchev–Trinajstić information content (AvgIpc) is 3.52. The zero-order valence-electron chi connectivity index (χ0n) is 26.5. The van der Waals surface area contributed by atoms with Crippen molar-refractivity contribution in [3.8, 4) is 12.3 Å². The van der Waals surface area contributed by atoms with E-state index >= 15 is 0 Å². The van der Waals surface area contributed by atoms with E-state index in [4.69, 9.17) is 20.9 Å². The first-order chi connectivity index (χ1) is 22.8. The van der Waals surface area contributed by atoms with Gasteiger partial charge in [0.15, 0.2) is 6.29 Å². The van der Waals surface area contributed by atoms with E-state index in [2.05, 4.69) is 57.6 Å². The van der Waals surface area contributed by atoms with Crippen molar-refractivity contribution >= 4 is 28.8 Å². The number of rotatable bonds is 12. The molecule has 2 aromatic carbocycles. The van der Waals surface area contributed by atoms with Crippen LogP contribution in [0.4, 0.5) is 11.4 Å². The van der Waals surface area contributed by atoms with Gasteiger partial charge in [0, 0.05) is 42.7 Å². The Hall–Kier alpha value is -3.96. The summed E-state index contributed by atoms with van der Waals surface area (Å²) >= 11 is 1.79. The van der Waals surface area contributed by atoms with Gasteiger partial charge in [0.25, 0.3) is 0 Å². The first kappa shape index (κ1) is 33.0. The molecule has 6 rings (SSSR count). The van der Waals surface area contributed by atoms with Gasteiger partial charge < -0.3 is 34.6 Å². The first-order valence-electron chi connectivity index (χ1n) is 15.6. The van der Waals surface area contributed by atoms with Crippen molar-refractivity contribution in [1.82, 2.24) is 19.9 Å². The molecule has 3 aromatic rings. The van der Waals surface area contributed by atoms with E-state index < -0.39 is 24.6 Å². The molecule has 1 fully saturated rings. The first-order valence-corrected chi connectivity index (χ1v) is 16.5. The van der Waals surface area contributed by atoms with Gasteiger partial charge in [0.2, 0.25) is 0 Å². The monoisotopic (exact) mass is 656 g/mol. The molecule has 12 heteroatoms. The van der Waals surface area contributed by atoms with Crippen molar-refractivity contribution in [2.75, 3.05) is 38.8 Å². The minimum absolute atomic E-state index is 0.0734. The summed E-state index contributed by atoms with van der Waals surface area (Å²) in [7, 11) is 4.03. The van der Waals surface area contributed by atoms with Gasteiger partial charge in [0.05, 0.1) is 61.8 Å². The van der Waals surface area contributed by atoms with Crippen LogP contribution in [0.25, 0.3) is 0 Å². The number of allylic oxidation sites excluding steroid dienone is 2. The number of aliphatic hydroxyl groups excluding tert-OH is 3. The maximum absolute atomic E-state index is 10.4. The fourth-order valence-electron chi connectivity index (χ4n) is 5.87. The van der Waals surface area contributed by atoms with Crippen molar-refractivity contribution in [1.29, 1.82) is 0 Å². The predicted molar refractivity (Wildman–Crippen MR) is 182 cm³/mol. The summed E-state index contributed by atoms with van der Waals surface area (Å²) in [6.45, 7) is 1.49. The Balaban J connectivity index is 1.09. The van der Waals surface area contributed by atoms with Gasteiger partial charge in [-0.3, -0.25) is 9.67 Å². The fraction of sp³-hybridized carbons (Fsp3) is 0.400. The number of aliphatic hydroxyl groups is 3. The highest BCUT2D eigenvalue weighted by Crippen LogP contribution is 2.42. The Bertz CT molecular complexity index is 1670. The molecule has 6 atom stereocenters. The maximum atomic E-state index is 10.4. The van der Waals surface area contributed by atoms with Crippen molar-refractivity contribution in [3.63, 3.8) is 0 Å². The molecule has 47 heavy (non-hydrogen) atoms. The van der Waals surface area contributed by atoms with Gasteiger partial charge in [-0.05, 0) is 42.0 Å². The van der Waals surface area contributed by atoms with Crippen LogP contribution in [0.15, 0.2) is 88.5 Å². The highest BCUT2D eigenvalue weighted by molar-refractivity contribution is 8.01. The normalized spacial score (nSPS) is 24.0. The quantitative estimate of drug-likeness (QED) is 0.250. The highest BCUT2D eigenvalue weighted by Gasteiger charge is 2.37. The maximum Gasteiger partial charge on any atom is 0.184 e. The van der Waals surface area contributed by atoms with Crippen LogP contribution in [0.1, 0.15) is 23.6 Å². The van der Waals surface area contributed by atoms with Crippen LogP contribution in [0.5, 0.6) is 0 Å². The molecular formula is C35H40N6O5S. The molecular weight excluding hydrogens is 616 g/mol. The van der Waals surface area contributed by atoms with Crippen LogP contribution >= 0.6 is 11.8 Å². The van der Waals surface area contributed by atoms with Crippen molar-refractivity contribution < 1.29 is 24.8 Å². The molecule has 0 amide bonds. The number of nitrogens with zero attached hydrogens (tertiary/aromatic N) is 6. The number of aromatic nitrogens is 3. The van der Waals surface area contributed by atoms with Gasteiger partial charge in [-0.15, -0.1) is 23.3 Å². The topological polar surface area (TPSA) is 129 Å². The molecule has 2 unspecified atom stereocenters. The number of fused-ring (bicyclic) bond motifs is 2. The lowest BCUT2D eigenvalue weighted by Crippen LogP contribution is -2.50. The summed E-state index contributed by atoms with van der Waals surface area (Å²) in [5.74, 6) is 2.58. The summed E-state index contributed by atoms with van der Waals surface area (Å²) in [6, 6.07) is 16.2. The summed E-state index contributed by atoms with van der Waals surface area (Å²) in [6.07, 6.45) is 10.2. The number of aliphatic imine (C=N–C) groups is 1. The number of hydrogen-bond acceptors (Lipinski definition) is 11. The van der Waals surface area contributed by atoms with E-state index in [0.717, 1.165) is 38.9 Å². The van der Waals surface area contributed by atoms with E-state index in [1.807, 2.05) is 55.5 Å². The summed E-state index contributed by atoms with van der Waals surface area (Å²) in [4.78, 5) is 10.2. The molecule has 0 saturated carbocycles. The SMILES string of the molecule is C#CCN(C)c1ccc2c(c1)SC1C=C(N(C)Cc3cn(CC(CO[C@H]4O[C@@H](CO)[C@H](O)C[C@@H]4O)c4ccccc4)nn3)C=CC1=N2. The zero-order valence-corrected chi connectivity index (χ0v) is 27.3. The summed E-state index contributed by atoms with van der Waals surface area (Å²) < 4.78 is 13.5. The van der Waals surface area contributed by atoms with Crippen molar-refractivity contribution in [2.45, 2.75) is 60.2 Å². The number of likely N-dealkylation sites (N-methyl/N-ethyl adjacent to an activating group) is 1. The third kappa shape index (κ3) is 7.79. The number of terminal acetylenes is 1. The second-order valence-corrected chi connectivity index (χ2v) is 13.2. The second kappa shape index (κ2) is 14.9. The van der Waals surface area contributed by atoms with Crippen LogP contribution in [-0.2, 0) is 22.6 Å². The summed E-state index contributed by atoms with van der Waals surface area (Å²) in [5, 5.41) is 39.0. The molecule has 2 aliphatic heterocycles. The molecule has 1 aliphatic carbocycles. The highest BCUT2D eigenvalue weighted by atomic mass is 32.2. The third-order valence-electron chi connectivity index (χ3n) is 8.54. The zero-order chi connectivity index (χ0) is 32.9. The minimum atomic E-state index is -0.997. The average molecular weight is 657 g/mol. The van der Waals surface area contributed by atoms with Crippen molar-refractivity contribution in [3.05, 3.63) is 89.9 Å². The largest absolute Gasteiger partial charge is 0.394 e. The molecule has 0 spiro atoms. The van der Waals surface area contributed by atoms with Crippen LogP contribution in [0.3, 0.4) is 0 Å². The minimum Gasteiger partial charge on any atom is -0.394 e. The lowest BCUT2D eigenvalue weighted by Gasteiger charge is -2.36. The molecule has 3 heterocycles. The van der Waals surface area contributed by atoms with E-state index in [9.17, 15) is 15.3 Å². The predicted octanol–water partition coefficient (Wildman–Crippen LogP) is 3.11. The number of ether oxygens (including phenoxy) is 2. The van der Waals surface area contributed by atoms with Crippen LogP contribution < -0.4 is 4.90 Å². The molecule has 1 aromatic heterocycles. The van der Waals surface area contributed by atoms with E-state index in [1.54, 1.807) is 16.4 Å². The Kier molecular flexibility index (Phi) is 10.4. The number of hydrogen-bond donors (Lipinski definition) is 3. The summed E-state index contributed by atoms with van der Waals surface area (Å²) in [5.41, 5.74) is 6.01. The number of anilines is 1. The van der Waals surface area contributed by atoms with Gasteiger partial charge in [-0.25, -0.2) is 0 Å². The van der Waals surface area contributed by atoms with Crippen LogP contribution in [0.2, 0.25) is 0 Å². The molecule has 246 valence electrons. The van der Waals surface area contributed by atoms with Crippen molar-refractivity contribution in [2.24, 2.45) is 4.99 Å². The fourth-order valence-corrected chi connectivity index (χ4v) is 7.03. The van der Waals surface area contributed by atoms with Gasteiger partial charge in [-0.1, -0.05) is 41.5 Å². The number of benzene rings is 2. The molecule has 1 saturated heterocycles. The third-order valence-corrected chi connectivity index (χ3v) is 9.75. The van der Waals surface area contributed by atoms with E-state index in [1.165, 1.54) is 0 Å². The number of thioether (sulfide) groups is 1. The Morgan fingerprint density at radius 2 is 1.96 bits per heavy atom. The van der Waals surface area contributed by atoms with Gasteiger partial charge in [0.1, 0.15) is 17.9 Å². The van der Waals surface area contributed by atoms with Crippen LogP contribution in [0, 0.1) is 12.3 Å². The Morgan fingerprint density at radius 3 is 2.74 bits per heavy atom. The lowest BCUT2D eigenvalue weighted by molar-refractivity contribution is -0.271. The molecule has 11 nitrogen and oxygen atoms in total. The van der Waals surface area contributed by atoms with E-state index in [-0.39, 0.29) is 30.8 Å². The Morgan fingerprint density at radius 1 is 1.13 bits per heavy atom. The lowest BCUT2D eigenvalue weighted by atomic mass is 9.99. The van der Waals surface area contributed by atoms with Crippen LogP contribution in [-0.4, -0.2) is 105 Å². The van der Waals surface area contributed by atoms with E-state index in [0.29, 0.717) is 19.6 Å². The van der Waals surface area contributed by atoms with Gasteiger partial charge >= 0.3 is 0 Å². The standard InChI is InChI=1S/C35H40N6O5S/c1-4-14-39(2)26-10-12-28-33(15-26)47-34-16-27(11-13-29(34)36-28)40(3)19-25-20-41(38-37-25)18-24(23-8-6-5-7-9-23)22-45-35-31(44)17-30(43)32(21-42)46-35/h1,5-13,15-16,20,24,30-32,34-35,42-44H,14,17-19,21-22H2,2-3H3/t24?,30-,31+,32+,34?,35+/m1/s1.